The molecule has 1 saturated heterocycles. The fourth-order valence-electron chi connectivity index (χ4n) is 11.8. The van der Waals surface area contributed by atoms with Gasteiger partial charge >= 0.3 is 5.97 Å². The van der Waals surface area contributed by atoms with E-state index in [2.05, 4.69) is 54.5 Å². The molecule has 4 saturated carbocycles. The lowest BCUT2D eigenvalue weighted by Crippen LogP contribution is -2.68. The van der Waals surface area contributed by atoms with Crippen molar-refractivity contribution in [1.82, 2.24) is 0 Å². The highest BCUT2D eigenvalue weighted by Gasteiger charge is 2.70. The van der Waals surface area contributed by atoms with Crippen molar-refractivity contribution in [2.75, 3.05) is 13.7 Å². The summed E-state index contributed by atoms with van der Waals surface area (Å²) in [5.41, 5.74) is 2.09. The van der Waals surface area contributed by atoms with Gasteiger partial charge in [-0.25, -0.2) is 0 Å². The van der Waals surface area contributed by atoms with Crippen molar-refractivity contribution in [1.29, 1.82) is 0 Å². The van der Waals surface area contributed by atoms with Gasteiger partial charge in [-0.2, -0.15) is 0 Å². The Balaban J connectivity index is 1.40. The van der Waals surface area contributed by atoms with Crippen LogP contribution in [0, 0.1) is 50.7 Å². The molecule has 208 valence electrons. The van der Waals surface area contributed by atoms with Crippen LogP contribution in [0.4, 0.5) is 0 Å². The minimum atomic E-state index is -0.470. The van der Waals surface area contributed by atoms with Gasteiger partial charge in [0.2, 0.25) is 0 Å². The van der Waals surface area contributed by atoms with E-state index in [-0.39, 0.29) is 33.0 Å². The molecule has 10 atom stereocenters. The lowest BCUT2D eigenvalue weighted by Gasteiger charge is -2.72. The van der Waals surface area contributed by atoms with Crippen LogP contribution < -0.4 is 0 Å². The maximum absolute atomic E-state index is 13.4. The predicted molar refractivity (Wildman–Crippen MR) is 146 cm³/mol. The standard InChI is InChI=1S/C33H52O4/c1-21-10-9-15-33(27(34)35-8)19-18-31(6)22(26(21)33)11-12-24-29(4)16-14-25-30(5,20-36-28(2,3)37-25)23(29)13-17-32(24,31)7/h11,21,23-26H,9-10,12-20H2,1-8H3/t21?,23?,24?,25?,26?,29?,30-,31-,32?,33?/m1/s1. The van der Waals surface area contributed by atoms with E-state index in [0.29, 0.717) is 29.8 Å². The molecular weight excluding hydrogens is 460 g/mol. The molecule has 0 amide bonds. The van der Waals surface area contributed by atoms with E-state index < -0.39 is 5.79 Å². The van der Waals surface area contributed by atoms with E-state index in [1.165, 1.54) is 25.7 Å². The number of ether oxygens (including phenoxy) is 3. The Labute approximate surface area is 225 Å². The maximum Gasteiger partial charge on any atom is 0.312 e. The summed E-state index contributed by atoms with van der Waals surface area (Å²) in [7, 11) is 1.60. The van der Waals surface area contributed by atoms with E-state index in [0.717, 1.165) is 45.1 Å². The number of rotatable bonds is 1. The van der Waals surface area contributed by atoms with Crippen molar-refractivity contribution < 1.29 is 19.0 Å². The van der Waals surface area contributed by atoms with Crippen LogP contribution in [-0.2, 0) is 19.0 Å². The number of fused-ring (bicyclic) bond motifs is 9. The monoisotopic (exact) mass is 512 g/mol. The van der Waals surface area contributed by atoms with Crippen LogP contribution >= 0.6 is 0 Å². The van der Waals surface area contributed by atoms with E-state index in [1.54, 1.807) is 12.7 Å². The Bertz CT molecular complexity index is 1000. The van der Waals surface area contributed by atoms with Crippen LogP contribution in [0.2, 0.25) is 0 Å². The van der Waals surface area contributed by atoms with Crippen LogP contribution in [0.15, 0.2) is 11.6 Å². The number of esters is 1. The zero-order valence-corrected chi connectivity index (χ0v) is 24.9. The second kappa shape index (κ2) is 8.09. The van der Waals surface area contributed by atoms with Crippen LogP contribution in [0.25, 0.3) is 0 Å². The lowest BCUT2D eigenvalue weighted by molar-refractivity contribution is -0.351. The van der Waals surface area contributed by atoms with Crippen LogP contribution in [-0.4, -0.2) is 31.6 Å². The summed E-state index contributed by atoms with van der Waals surface area (Å²) in [5, 5.41) is 0. The van der Waals surface area contributed by atoms with Gasteiger partial charge in [-0.1, -0.05) is 59.1 Å². The zero-order valence-electron chi connectivity index (χ0n) is 24.9. The molecule has 8 unspecified atom stereocenters. The maximum atomic E-state index is 13.4. The first-order chi connectivity index (χ1) is 17.3. The van der Waals surface area contributed by atoms with Crippen LogP contribution in [0.1, 0.15) is 113 Å². The second-order valence-corrected chi connectivity index (χ2v) is 15.6. The van der Waals surface area contributed by atoms with Gasteiger partial charge in [0.1, 0.15) is 0 Å². The first kappa shape index (κ1) is 26.4. The summed E-state index contributed by atoms with van der Waals surface area (Å²) < 4.78 is 18.4. The Hall–Kier alpha value is -0.870. The third-order valence-electron chi connectivity index (χ3n) is 13.9. The molecule has 1 aliphatic heterocycles. The highest BCUT2D eigenvalue weighted by Crippen LogP contribution is 2.76. The van der Waals surface area contributed by atoms with Crippen molar-refractivity contribution in [2.24, 2.45) is 50.7 Å². The summed E-state index contributed by atoms with van der Waals surface area (Å²) in [4.78, 5) is 13.4. The third-order valence-corrected chi connectivity index (χ3v) is 13.9. The van der Waals surface area contributed by atoms with Gasteiger partial charge in [0, 0.05) is 5.41 Å². The first-order valence-corrected chi connectivity index (χ1v) is 15.4. The minimum Gasteiger partial charge on any atom is -0.469 e. The van der Waals surface area contributed by atoms with Crippen LogP contribution in [0.5, 0.6) is 0 Å². The number of hydrogen-bond donors (Lipinski definition) is 0. The van der Waals surface area contributed by atoms with E-state index >= 15 is 0 Å². The molecule has 0 bridgehead atoms. The summed E-state index contributed by atoms with van der Waals surface area (Å²) in [6.45, 7) is 17.7. The zero-order chi connectivity index (χ0) is 26.6. The van der Waals surface area contributed by atoms with E-state index in [9.17, 15) is 4.79 Å². The second-order valence-electron chi connectivity index (χ2n) is 15.6. The van der Waals surface area contributed by atoms with Crippen molar-refractivity contribution in [3.05, 3.63) is 11.6 Å². The third kappa shape index (κ3) is 3.24. The van der Waals surface area contributed by atoms with E-state index in [4.69, 9.17) is 14.2 Å². The summed E-state index contributed by atoms with van der Waals surface area (Å²) in [6.07, 6.45) is 14.5. The highest BCUT2D eigenvalue weighted by molar-refractivity contribution is 5.78. The molecule has 37 heavy (non-hydrogen) atoms. The SMILES string of the molecule is COC(=O)C12CCCC(C)C1C1=CCC3C4(C)CCC5OC(C)(C)OC[C@]5(C)C4CCC3(C)[C@]1(C)CC2. The van der Waals surface area contributed by atoms with E-state index in [1.807, 2.05) is 0 Å². The molecule has 6 aliphatic rings. The van der Waals surface area contributed by atoms with Gasteiger partial charge in [-0.05, 0) is 105 Å². The van der Waals surface area contributed by atoms with Gasteiger partial charge in [-0.15, -0.1) is 0 Å². The van der Waals surface area contributed by atoms with Crippen molar-refractivity contribution >= 4 is 5.97 Å². The number of carbonyl (C=O) groups is 1. The summed E-state index contributed by atoms with van der Waals surface area (Å²) in [6, 6.07) is 0. The molecule has 5 aliphatic carbocycles. The van der Waals surface area contributed by atoms with Gasteiger partial charge in [-0.3, -0.25) is 4.79 Å². The Morgan fingerprint density at radius 2 is 1.68 bits per heavy atom. The fraction of sp³-hybridized carbons (Fsp3) is 0.909. The first-order valence-electron chi connectivity index (χ1n) is 15.4. The van der Waals surface area contributed by atoms with Gasteiger partial charge < -0.3 is 14.2 Å². The molecule has 0 spiro atoms. The molecular formula is C33H52O4. The molecule has 0 aromatic rings. The average Bonchev–Trinajstić information content (AvgIpc) is 2.84. The summed E-state index contributed by atoms with van der Waals surface area (Å²) >= 11 is 0. The minimum absolute atomic E-state index is 0.0569. The number of carbonyl (C=O) groups excluding carboxylic acids is 1. The van der Waals surface area contributed by atoms with Gasteiger partial charge in [0.05, 0.1) is 25.2 Å². The molecule has 0 aromatic heterocycles. The molecule has 0 radical (unpaired) electrons. The molecule has 0 N–H and O–H groups in total. The highest BCUT2D eigenvalue weighted by atomic mass is 16.7. The molecule has 4 heteroatoms. The Kier molecular flexibility index (Phi) is 5.76. The van der Waals surface area contributed by atoms with Gasteiger partial charge in [0.15, 0.2) is 5.79 Å². The van der Waals surface area contributed by atoms with Gasteiger partial charge in [0.25, 0.3) is 0 Å². The Morgan fingerprint density at radius 3 is 2.41 bits per heavy atom. The fourth-order valence-corrected chi connectivity index (χ4v) is 11.8. The molecule has 4 nitrogen and oxygen atoms in total. The molecule has 5 fully saturated rings. The number of hydrogen-bond acceptors (Lipinski definition) is 4. The largest absolute Gasteiger partial charge is 0.469 e. The average molecular weight is 513 g/mol. The topological polar surface area (TPSA) is 44.8 Å². The smallest absolute Gasteiger partial charge is 0.312 e. The Morgan fingerprint density at radius 1 is 0.919 bits per heavy atom. The van der Waals surface area contributed by atoms with Crippen LogP contribution in [0.3, 0.4) is 0 Å². The number of methoxy groups -OCH3 is 1. The number of allylic oxidation sites excluding steroid dienone is 2. The molecule has 1 heterocycles. The quantitative estimate of drug-likeness (QED) is 0.267. The lowest BCUT2D eigenvalue weighted by atomic mass is 9.33. The molecule has 0 aromatic carbocycles. The van der Waals surface area contributed by atoms with Crippen molar-refractivity contribution in [2.45, 2.75) is 125 Å². The summed E-state index contributed by atoms with van der Waals surface area (Å²) in [5.74, 6) is 1.75. The predicted octanol–water partition coefficient (Wildman–Crippen LogP) is 7.70. The van der Waals surface area contributed by atoms with Crippen molar-refractivity contribution in [3.63, 3.8) is 0 Å². The van der Waals surface area contributed by atoms with Crippen molar-refractivity contribution in [3.8, 4) is 0 Å². The molecule has 6 rings (SSSR count). The normalized spacial score (nSPS) is 54.4.